The number of nitrogens with zero attached hydrogens (tertiary/aromatic N) is 3. The number of ether oxygens (including phenoxy) is 1. The summed E-state index contributed by atoms with van der Waals surface area (Å²) in [7, 11) is 0. The van der Waals surface area contributed by atoms with Crippen molar-refractivity contribution in [2.24, 2.45) is 10.8 Å². The first-order valence-electron chi connectivity index (χ1n) is 10.2. The number of hydrogen-bond acceptors (Lipinski definition) is 5. The van der Waals surface area contributed by atoms with Gasteiger partial charge in [0.05, 0.1) is 0 Å². The fourth-order valence-corrected chi connectivity index (χ4v) is 3.78. The van der Waals surface area contributed by atoms with Crippen molar-refractivity contribution < 1.29 is 13.9 Å². The molecule has 1 heterocycles. The third-order valence-electron chi connectivity index (χ3n) is 4.66. The van der Waals surface area contributed by atoms with Crippen molar-refractivity contribution in [2.75, 3.05) is 5.75 Å². The molecule has 0 bridgehead atoms. The van der Waals surface area contributed by atoms with E-state index in [1.54, 1.807) is 30.4 Å². The number of benzene rings is 1. The molecule has 0 fully saturated rings. The van der Waals surface area contributed by atoms with Crippen molar-refractivity contribution in [2.45, 2.75) is 59.9 Å². The molecule has 0 amide bonds. The van der Waals surface area contributed by atoms with E-state index < -0.39 is 11.2 Å². The summed E-state index contributed by atoms with van der Waals surface area (Å²) in [5.74, 6) is 1.04. The number of allylic oxidation sites excluding steroid dienone is 2. The Morgan fingerprint density at radius 3 is 2.42 bits per heavy atom. The fraction of sp³-hybridized carbons (Fsp3) is 0.458. The summed E-state index contributed by atoms with van der Waals surface area (Å²) in [4.78, 5) is 12.6. The van der Waals surface area contributed by atoms with Gasteiger partial charge in [-0.15, -0.1) is 16.8 Å². The van der Waals surface area contributed by atoms with Crippen molar-refractivity contribution >= 4 is 17.5 Å². The van der Waals surface area contributed by atoms with Gasteiger partial charge in [-0.3, -0.25) is 9.36 Å². The maximum atomic E-state index is 13.8. The molecule has 1 aromatic carbocycles. The van der Waals surface area contributed by atoms with Crippen LogP contribution in [0.1, 0.15) is 47.4 Å². The first kappa shape index (κ1) is 24.9. The van der Waals surface area contributed by atoms with E-state index in [1.807, 2.05) is 25.3 Å². The maximum absolute atomic E-state index is 13.8. The molecular formula is C24H32FN3O2S. The molecule has 0 spiro atoms. The van der Waals surface area contributed by atoms with Gasteiger partial charge in [-0.2, -0.15) is 0 Å². The van der Waals surface area contributed by atoms with Gasteiger partial charge in [0.2, 0.25) is 0 Å². The average Bonchev–Trinajstić information content (AvgIpc) is 3.04. The van der Waals surface area contributed by atoms with E-state index in [0.29, 0.717) is 23.3 Å². The van der Waals surface area contributed by atoms with Crippen LogP contribution in [0.3, 0.4) is 0 Å². The molecule has 1 aromatic heterocycles. The van der Waals surface area contributed by atoms with Gasteiger partial charge in [-0.05, 0) is 23.6 Å². The summed E-state index contributed by atoms with van der Waals surface area (Å²) in [5.41, 5.74) is 0.449. The van der Waals surface area contributed by atoms with Gasteiger partial charge in [0.15, 0.2) is 28.3 Å². The third-order valence-corrected chi connectivity index (χ3v) is 5.68. The highest BCUT2D eigenvalue weighted by molar-refractivity contribution is 7.99. The lowest BCUT2D eigenvalue weighted by Gasteiger charge is -2.24. The van der Waals surface area contributed by atoms with Crippen molar-refractivity contribution in [3.8, 4) is 5.75 Å². The second-order valence-corrected chi connectivity index (χ2v) is 10.3. The normalized spacial score (nSPS) is 12.7. The molecular weight excluding hydrogens is 413 g/mol. The van der Waals surface area contributed by atoms with E-state index in [-0.39, 0.29) is 23.6 Å². The first-order valence-corrected chi connectivity index (χ1v) is 11.2. The highest BCUT2D eigenvalue weighted by atomic mass is 32.2. The van der Waals surface area contributed by atoms with E-state index in [2.05, 4.69) is 37.5 Å². The van der Waals surface area contributed by atoms with Crippen LogP contribution in [0, 0.1) is 16.6 Å². The molecule has 0 aliphatic carbocycles. The van der Waals surface area contributed by atoms with Gasteiger partial charge in [0.1, 0.15) is 6.61 Å². The van der Waals surface area contributed by atoms with Crippen molar-refractivity contribution in [1.82, 2.24) is 14.8 Å². The minimum absolute atomic E-state index is 0.0901. The first-order chi connectivity index (χ1) is 14.4. The third kappa shape index (κ3) is 7.06. The zero-order valence-electron chi connectivity index (χ0n) is 19.2. The molecule has 2 rings (SSSR count). The number of ketones is 1. The van der Waals surface area contributed by atoms with E-state index >= 15 is 0 Å². The second-order valence-electron chi connectivity index (χ2n) is 9.34. The summed E-state index contributed by atoms with van der Waals surface area (Å²) in [6, 6.07) is 6.26. The van der Waals surface area contributed by atoms with Crippen LogP contribution in [0.25, 0.3) is 0 Å². The summed E-state index contributed by atoms with van der Waals surface area (Å²) in [6.07, 6.45) is 3.52. The molecule has 5 nitrogen and oxygen atoms in total. The van der Waals surface area contributed by atoms with Gasteiger partial charge < -0.3 is 4.74 Å². The Morgan fingerprint density at radius 1 is 1.16 bits per heavy atom. The molecule has 0 unspecified atom stereocenters. The van der Waals surface area contributed by atoms with Crippen LogP contribution in [0.2, 0.25) is 0 Å². The summed E-state index contributed by atoms with van der Waals surface area (Å²) < 4.78 is 21.3. The van der Waals surface area contributed by atoms with Crippen LogP contribution >= 0.6 is 11.8 Å². The van der Waals surface area contributed by atoms with E-state index in [1.165, 1.54) is 17.8 Å². The van der Waals surface area contributed by atoms with Crippen LogP contribution in [-0.2, 0) is 17.9 Å². The molecule has 0 saturated heterocycles. The Morgan fingerprint density at radius 2 is 1.84 bits per heavy atom. The lowest BCUT2D eigenvalue weighted by atomic mass is 9.83. The number of hydrogen-bond donors (Lipinski definition) is 0. The number of thioether (sulfide) groups is 1. The second kappa shape index (κ2) is 10.3. The summed E-state index contributed by atoms with van der Waals surface area (Å²) in [5, 5.41) is 9.22. The van der Waals surface area contributed by atoms with E-state index in [9.17, 15) is 9.18 Å². The highest BCUT2D eigenvalue weighted by Gasteiger charge is 2.25. The van der Waals surface area contributed by atoms with Crippen molar-refractivity contribution in [3.05, 3.63) is 60.2 Å². The van der Waals surface area contributed by atoms with Gasteiger partial charge >= 0.3 is 0 Å². The number of carbonyl (C=O) groups excluding carboxylic acids is 1. The predicted molar refractivity (Wildman–Crippen MR) is 124 cm³/mol. The molecule has 0 N–H and O–H groups in total. The van der Waals surface area contributed by atoms with Gasteiger partial charge in [0, 0.05) is 17.7 Å². The fourth-order valence-electron chi connectivity index (χ4n) is 2.54. The van der Waals surface area contributed by atoms with Gasteiger partial charge in [-0.25, -0.2) is 4.39 Å². The molecule has 0 saturated carbocycles. The maximum Gasteiger partial charge on any atom is 0.191 e. The molecule has 31 heavy (non-hydrogen) atoms. The monoisotopic (exact) mass is 445 g/mol. The zero-order valence-corrected chi connectivity index (χ0v) is 20.1. The van der Waals surface area contributed by atoms with Crippen LogP contribution in [0.5, 0.6) is 5.75 Å². The van der Waals surface area contributed by atoms with Crippen molar-refractivity contribution in [3.63, 3.8) is 0 Å². The summed E-state index contributed by atoms with van der Waals surface area (Å²) >= 11 is 1.51. The molecule has 0 radical (unpaired) electrons. The molecule has 0 atom stereocenters. The smallest absolute Gasteiger partial charge is 0.191 e. The van der Waals surface area contributed by atoms with Crippen molar-refractivity contribution in [1.29, 1.82) is 0 Å². The number of para-hydroxylation sites is 1. The topological polar surface area (TPSA) is 57.0 Å². The Kier molecular flexibility index (Phi) is 8.23. The Bertz CT molecular complexity index is 952. The molecule has 0 aliphatic rings. The number of aromatic nitrogens is 3. The number of carbonyl (C=O) groups is 1. The standard InChI is InChI=1S/C24H32FN3O2S/c1-8-13-28-21(15-30-19-12-10-9-11-18(19)25)26-27-22(28)31-16-17(23(2,3)4)14-20(29)24(5,6)7/h8-12,14H,1,13,15-16H2,2-7H3/b17-14-. The Labute approximate surface area is 188 Å². The largest absolute Gasteiger partial charge is 0.483 e. The van der Waals surface area contributed by atoms with E-state index in [4.69, 9.17) is 4.74 Å². The predicted octanol–water partition coefficient (Wildman–Crippen LogP) is 5.86. The number of rotatable bonds is 9. The van der Waals surface area contributed by atoms with Crippen LogP contribution in [0.4, 0.5) is 4.39 Å². The Hall–Kier alpha value is -2.41. The number of halogens is 1. The van der Waals surface area contributed by atoms with Gasteiger partial charge in [-0.1, -0.05) is 77.1 Å². The molecule has 168 valence electrons. The van der Waals surface area contributed by atoms with Crippen LogP contribution in [0.15, 0.2) is 53.7 Å². The summed E-state index contributed by atoms with van der Waals surface area (Å²) in [6.45, 7) is 16.4. The van der Waals surface area contributed by atoms with Crippen LogP contribution in [-0.4, -0.2) is 26.3 Å². The Balaban J connectivity index is 2.20. The van der Waals surface area contributed by atoms with Crippen LogP contribution < -0.4 is 4.74 Å². The lowest BCUT2D eigenvalue weighted by Crippen LogP contribution is -2.21. The minimum Gasteiger partial charge on any atom is -0.483 e. The minimum atomic E-state index is -0.429. The zero-order chi connectivity index (χ0) is 23.2. The molecule has 0 aliphatic heterocycles. The lowest BCUT2D eigenvalue weighted by molar-refractivity contribution is -0.121. The van der Waals surface area contributed by atoms with Gasteiger partial charge in [0.25, 0.3) is 0 Å². The quantitative estimate of drug-likeness (QED) is 0.275. The molecule has 2 aromatic rings. The SMILES string of the molecule is C=CCn1c(COc2ccccc2F)nnc1SC/C(=C/C(=O)C(C)(C)C)C(C)(C)C. The molecule has 7 heteroatoms. The average molecular weight is 446 g/mol. The van der Waals surface area contributed by atoms with E-state index in [0.717, 1.165) is 5.57 Å². The highest BCUT2D eigenvalue weighted by Crippen LogP contribution is 2.32.